The van der Waals surface area contributed by atoms with E-state index >= 15 is 0 Å². The van der Waals surface area contributed by atoms with Crippen LogP contribution >= 0.6 is 0 Å². The summed E-state index contributed by atoms with van der Waals surface area (Å²) in [6.45, 7) is 4.33. The van der Waals surface area contributed by atoms with E-state index in [9.17, 15) is 0 Å². The van der Waals surface area contributed by atoms with Crippen molar-refractivity contribution in [2.24, 2.45) is 0 Å². The summed E-state index contributed by atoms with van der Waals surface area (Å²) in [4.78, 5) is 0. The summed E-state index contributed by atoms with van der Waals surface area (Å²) in [5.41, 5.74) is 5.07. The molecule has 0 spiro atoms. The Morgan fingerprint density at radius 2 is 1.44 bits per heavy atom. The number of para-hydroxylation sites is 2. The Labute approximate surface area is 107 Å². The van der Waals surface area contributed by atoms with E-state index in [1.54, 1.807) is 0 Å². The zero-order chi connectivity index (χ0) is 12.5. The van der Waals surface area contributed by atoms with E-state index in [2.05, 4.69) is 79.1 Å². The quantitative estimate of drug-likeness (QED) is 0.565. The first kappa shape index (κ1) is 11.0. The van der Waals surface area contributed by atoms with Gasteiger partial charge in [0.15, 0.2) is 5.69 Å². The van der Waals surface area contributed by atoms with Gasteiger partial charge in [0.05, 0.1) is 0 Å². The topological polar surface area (TPSA) is 3.88 Å². The molecule has 0 saturated heterocycles. The van der Waals surface area contributed by atoms with Crippen LogP contribution < -0.4 is 4.57 Å². The molecular formula is C17H16N+. The van der Waals surface area contributed by atoms with Gasteiger partial charge < -0.3 is 0 Å². The van der Waals surface area contributed by atoms with Crippen LogP contribution in [0, 0.1) is 13.8 Å². The van der Waals surface area contributed by atoms with Gasteiger partial charge in [0, 0.05) is 36.6 Å². The molecule has 0 aliphatic rings. The number of fused-ring (bicyclic) bond motifs is 1. The lowest BCUT2D eigenvalue weighted by atomic mass is 10.1. The molecule has 2 aromatic carbocycles. The molecule has 1 aromatic heterocycles. The van der Waals surface area contributed by atoms with Crippen molar-refractivity contribution >= 4 is 10.9 Å². The Morgan fingerprint density at radius 1 is 0.778 bits per heavy atom. The van der Waals surface area contributed by atoms with E-state index in [0.29, 0.717) is 0 Å². The van der Waals surface area contributed by atoms with Crippen molar-refractivity contribution in [3.05, 3.63) is 71.9 Å². The minimum Gasteiger partial charge on any atom is -0.158 e. The molecular weight excluding hydrogens is 218 g/mol. The predicted octanol–water partition coefficient (Wildman–Crippen LogP) is 3.73. The third-order valence-corrected chi connectivity index (χ3v) is 3.36. The number of nitrogens with zero attached hydrogens (tertiary/aromatic N) is 1. The van der Waals surface area contributed by atoms with Gasteiger partial charge in [-0.2, -0.15) is 4.57 Å². The largest absolute Gasteiger partial charge is 0.218 e. The van der Waals surface area contributed by atoms with Crippen LogP contribution in [0.15, 0.2) is 60.7 Å². The number of rotatable bonds is 1. The van der Waals surface area contributed by atoms with E-state index in [0.717, 1.165) is 0 Å². The second-order valence-corrected chi connectivity index (χ2v) is 4.66. The predicted molar refractivity (Wildman–Crippen MR) is 75.0 cm³/mol. The van der Waals surface area contributed by atoms with Gasteiger partial charge in [0.25, 0.3) is 0 Å². The van der Waals surface area contributed by atoms with E-state index in [4.69, 9.17) is 0 Å². The van der Waals surface area contributed by atoms with Crippen molar-refractivity contribution in [3.63, 3.8) is 0 Å². The standard InChI is InChI=1S/C17H16N/c1-13-12-14(2)18(15-8-4-3-5-9-15)17-11-7-6-10-16(13)17/h3-12H,1-2H3/q+1. The lowest BCUT2D eigenvalue weighted by Gasteiger charge is -2.06. The van der Waals surface area contributed by atoms with E-state index in [1.807, 2.05) is 0 Å². The van der Waals surface area contributed by atoms with Crippen LogP contribution in [-0.2, 0) is 0 Å². The Kier molecular flexibility index (Phi) is 2.60. The minimum atomic E-state index is 1.21. The monoisotopic (exact) mass is 234 g/mol. The summed E-state index contributed by atoms with van der Waals surface area (Å²) in [5, 5.41) is 1.31. The Hall–Kier alpha value is -2.15. The average Bonchev–Trinajstić information content (AvgIpc) is 2.40. The van der Waals surface area contributed by atoms with Crippen LogP contribution in [0.4, 0.5) is 0 Å². The van der Waals surface area contributed by atoms with Crippen molar-refractivity contribution in [2.45, 2.75) is 13.8 Å². The minimum absolute atomic E-state index is 1.21. The van der Waals surface area contributed by atoms with Crippen LogP contribution in [0.1, 0.15) is 11.3 Å². The van der Waals surface area contributed by atoms with Gasteiger partial charge >= 0.3 is 0 Å². The molecule has 0 aliphatic carbocycles. The molecule has 0 N–H and O–H groups in total. The summed E-state index contributed by atoms with van der Waals surface area (Å²) in [6, 6.07) is 21.3. The molecule has 0 radical (unpaired) electrons. The first-order chi connectivity index (χ1) is 8.77. The van der Waals surface area contributed by atoms with Crippen LogP contribution in [-0.4, -0.2) is 0 Å². The van der Waals surface area contributed by atoms with E-state index < -0.39 is 0 Å². The fourth-order valence-corrected chi connectivity index (χ4v) is 2.57. The number of hydrogen-bond acceptors (Lipinski definition) is 0. The van der Waals surface area contributed by atoms with Crippen molar-refractivity contribution in [1.82, 2.24) is 0 Å². The number of pyridine rings is 1. The summed E-state index contributed by atoms with van der Waals surface area (Å²) >= 11 is 0. The molecule has 0 saturated carbocycles. The summed E-state index contributed by atoms with van der Waals surface area (Å²) < 4.78 is 2.31. The maximum absolute atomic E-state index is 2.31. The fraction of sp³-hybridized carbons (Fsp3) is 0.118. The molecule has 0 aliphatic heterocycles. The van der Waals surface area contributed by atoms with Crippen molar-refractivity contribution in [3.8, 4) is 5.69 Å². The molecule has 0 amide bonds. The Morgan fingerprint density at radius 3 is 2.22 bits per heavy atom. The molecule has 18 heavy (non-hydrogen) atoms. The molecule has 1 heteroatoms. The smallest absolute Gasteiger partial charge is 0.158 e. The zero-order valence-electron chi connectivity index (χ0n) is 10.7. The summed E-state index contributed by atoms with van der Waals surface area (Å²) in [6.07, 6.45) is 0. The summed E-state index contributed by atoms with van der Waals surface area (Å²) in [7, 11) is 0. The molecule has 3 rings (SSSR count). The first-order valence-electron chi connectivity index (χ1n) is 6.24. The van der Waals surface area contributed by atoms with Gasteiger partial charge in [-0.05, 0) is 18.6 Å². The lowest BCUT2D eigenvalue weighted by molar-refractivity contribution is -0.574. The van der Waals surface area contributed by atoms with Crippen LogP contribution in [0.2, 0.25) is 0 Å². The third kappa shape index (κ3) is 1.68. The Bertz CT molecular complexity index is 699. The number of benzene rings is 2. The number of aromatic nitrogens is 1. The van der Waals surface area contributed by atoms with Crippen LogP contribution in [0.25, 0.3) is 16.6 Å². The normalized spacial score (nSPS) is 10.8. The van der Waals surface area contributed by atoms with Gasteiger partial charge in [-0.15, -0.1) is 0 Å². The maximum Gasteiger partial charge on any atom is 0.218 e. The van der Waals surface area contributed by atoms with E-state index in [1.165, 1.54) is 27.8 Å². The van der Waals surface area contributed by atoms with Gasteiger partial charge in [-0.3, -0.25) is 0 Å². The second kappa shape index (κ2) is 4.26. The highest BCUT2D eigenvalue weighted by Crippen LogP contribution is 2.17. The Balaban J connectivity index is 2.42. The highest BCUT2D eigenvalue weighted by molar-refractivity contribution is 5.79. The van der Waals surface area contributed by atoms with Crippen molar-refractivity contribution in [1.29, 1.82) is 0 Å². The van der Waals surface area contributed by atoms with Gasteiger partial charge in [0.2, 0.25) is 11.2 Å². The molecule has 88 valence electrons. The molecule has 3 aromatic rings. The molecule has 0 bridgehead atoms. The third-order valence-electron chi connectivity index (χ3n) is 3.36. The van der Waals surface area contributed by atoms with Gasteiger partial charge in [-0.1, -0.05) is 30.3 Å². The lowest BCUT2D eigenvalue weighted by Crippen LogP contribution is -2.35. The fourth-order valence-electron chi connectivity index (χ4n) is 2.57. The molecule has 1 heterocycles. The number of hydrogen-bond donors (Lipinski definition) is 0. The number of aryl methyl sites for hydroxylation is 2. The summed E-state index contributed by atoms with van der Waals surface area (Å²) in [5.74, 6) is 0. The zero-order valence-corrected chi connectivity index (χ0v) is 10.7. The van der Waals surface area contributed by atoms with Crippen LogP contribution in [0.3, 0.4) is 0 Å². The van der Waals surface area contributed by atoms with Gasteiger partial charge in [-0.25, -0.2) is 0 Å². The highest BCUT2D eigenvalue weighted by Gasteiger charge is 2.16. The van der Waals surface area contributed by atoms with Crippen molar-refractivity contribution < 1.29 is 4.57 Å². The van der Waals surface area contributed by atoms with E-state index in [-0.39, 0.29) is 0 Å². The second-order valence-electron chi connectivity index (χ2n) is 4.66. The van der Waals surface area contributed by atoms with Crippen molar-refractivity contribution in [2.75, 3.05) is 0 Å². The molecule has 0 unspecified atom stereocenters. The maximum atomic E-state index is 2.31. The SMILES string of the molecule is Cc1cc(C)[n+](-c2ccccc2)c2ccccc12. The highest BCUT2D eigenvalue weighted by atomic mass is 15.0. The van der Waals surface area contributed by atoms with Gasteiger partial charge in [0.1, 0.15) is 0 Å². The first-order valence-corrected chi connectivity index (χ1v) is 6.24. The molecule has 0 atom stereocenters. The molecule has 1 nitrogen and oxygen atoms in total. The molecule has 0 fully saturated rings. The van der Waals surface area contributed by atoms with Crippen LogP contribution in [0.5, 0.6) is 0 Å². The average molecular weight is 234 g/mol.